The average Bonchev–Trinajstić information content (AvgIpc) is 3.10. The molecule has 0 bridgehead atoms. The van der Waals surface area contributed by atoms with Gasteiger partial charge in [0.05, 0.1) is 5.88 Å². The average molecular weight is 280 g/mol. The van der Waals surface area contributed by atoms with Gasteiger partial charge in [0.2, 0.25) is 11.8 Å². The number of amides is 2. The lowest BCUT2D eigenvalue weighted by atomic mass is 10.2. The molecule has 0 radical (unpaired) electrons. The second-order valence-corrected chi connectivity index (χ2v) is 5.90. The molecule has 2 fully saturated rings. The summed E-state index contributed by atoms with van der Waals surface area (Å²) in [5.41, 5.74) is 0. The lowest BCUT2D eigenvalue weighted by Crippen LogP contribution is -2.47. The van der Waals surface area contributed by atoms with Crippen LogP contribution in [0.4, 0.5) is 0 Å². The summed E-state index contributed by atoms with van der Waals surface area (Å²) in [7, 11) is 0. The van der Waals surface area contributed by atoms with Crippen LogP contribution in [0.5, 0.6) is 0 Å². The van der Waals surface area contributed by atoms with Crippen molar-refractivity contribution in [3.63, 3.8) is 0 Å². The molecule has 1 heterocycles. The van der Waals surface area contributed by atoms with Crippen molar-refractivity contribution in [2.45, 2.75) is 25.8 Å². The largest absolute Gasteiger partial charge is 0.354 e. The summed E-state index contributed by atoms with van der Waals surface area (Å²) >= 11 is 1.63. The first-order chi connectivity index (χ1) is 9.22. The van der Waals surface area contributed by atoms with E-state index in [0.717, 1.165) is 6.54 Å². The zero-order chi connectivity index (χ0) is 13.7. The molecule has 0 aromatic carbocycles. The van der Waals surface area contributed by atoms with Crippen molar-refractivity contribution in [1.82, 2.24) is 10.2 Å². The Kier molecular flexibility index (Phi) is 5.07. The first-order valence-corrected chi connectivity index (χ1v) is 7.83. The van der Waals surface area contributed by atoms with Crippen molar-refractivity contribution >= 4 is 23.6 Å². The topological polar surface area (TPSA) is 49.4 Å². The maximum Gasteiger partial charge on any atom is 0.247 e. The van der Waals surface area contributed by atoms with Crippen LogP contribution in [0.25, 0.3) is 0 Å². The van der Waals surface area contributed by atoms with Gasteiger partial charge in [-0.1, -0.05) is 18.2 Å². The van der Waals surface area contributed by atoms with E-state index in [1.165, 1.54) is 18.9 Å². The fourth-order valence-corrected chi connectivity index (χ4v) is 3.07. The molecule has 1 N–H and O–H groups in total. The lowest BCUT2D eigenvalue weighted by Gasteiger charge is -2.21. The highest BCUT2D eigenvalue weighted by atomic mass is 32.2. The number of hydrogen-bond acceptors (Lipinski definition) is 3. The number of rotatable bonds is 5. The molecule has 19 heavy (non-hydrogen) atoms. The Morgan fingerprint density at radius 2 is 2.16 bits per heavy atom. The van der Waals surface area contributed by atoms with E-state index < -0.39 is 0 Å². The summed E-state index contributed by atoms with van der Waals surface area (Å²) in [5, 5.41) is 2.95. The van der Waals surface area contributed by atoms with Crippen LogP contribution < -0.4 is 5.32 Å². The predicted molar refractivity (Wildman–Crippen MR) is 77.6 cm³/mol. The number of allylic oxidation sites excluding steroid dienone is 3. The fraction of sp³-hybridized carbons (Fsp3) is 0.571. The molecular formula is C14H20N2O2S. The molecule has 1 saturated carbocycles. The number of nitrogens with zero attached hydrogens (tertiary/aromatic N) is 1. The highest BCUT2D eigenvalue weighted by Crippen LogP contribution is 2.28. The fourth-order valence-electron chi connectivity index (χ4n) is 1.91. The third-order valence-corrected chi connectivity index (χ3v) is 4.28. The molecule has 2 amide bonds. The SMILES string of the molecule is C/C=C/C=C/C(=O)N1CSCC1C(=O)NCC1CC1. The normalized spacial score (nSPS) is 23.4. The molecule has 1 aliphatic carbocycles. The number of carbonyl (C=O) groups excluding carboxylic acids is 2. The standard InChI is InChI=1S/C14H20N2O2S/c1-2-3-4-5-13(17)16-10-19-9-12(16)14(18)15-8-11-6-7-11/h2-5,11-12H,6-10H2,1H3,(H,15,18)/b3-2+,5-4+. The number of carbonyl (C=O) groups is 2. The predicted octanol–water partition coefficient (Wildman–Crippen LogP) is 1.55. The summed E-state index contributed by atoms with van der Waals surface area (Å²) in [6.45, 7) is 2.66. The van der Waals surface area contributed by atoms with E-state index in [4.69, 9.17) is 0 Å². The third-order valence-electron chi connectivity index (χ3n) is 3.27. The third kappa shape index (κ3) is 4.13. The maximum absolute atomic E-state index is 12.1. The van der Waals surface area contributed by atoms with Crippen LogP contribution in [0.2, 0.25) is 0 Å². The van der Waals surface area contributed by atoms with Gasteiger partial charge in [0, 0.05) is 18.4 Å². The maximum atomic E-state index is 12.1. The van der Waals surface area contributed by atoms with Crippen molar-refractivity contribution in [3.8, 4) is 0 Å². The molecule has 0 spiro atoms. The van der Waals surface area contributed by atoms with E-state index >= 15 is 0 Å². The Balaban J connectivity index is 1.87. The van der Waals surface area contributed by atoms with Gasteiger partial charge in [-0.15, -0.1) is 11.8 Å². The first kappa shape index (κ1) is 14.2. The van der Waals surface area contributed by atoms with Gasteiger partial charge in [-0.05, 0) is 25.7 Å². The highest BCUT2D eigenvalue weighted by molar-refractivity contribution is 7.99. The monoisotopic (exact) mass is 280 g/mol. The zero-order valence-corrected chi connectivity index (χ0v) is 12.0. The van der Waals surface area contributed by atoms with E-state index in [-0.39, 0.29) is 17.9 Å². The molecule has 1 saturated heterocycles. The van der Waals surface area contributed by atoms with Crippen molar-refractivity contribution in [1.29, 1.82) is 0 Å². The van der Waals surface area contributed by atoms with E-state index in [0.29, 0.717) is 17.5 Å². The second-order valence-electron chi connectivity index (χ2n) is 4.90. The Hall–Kier alpha value is -1.23. The van der Waals surface area contributed by atoms with Gasteiger partial charge < -0.3 is 10.2 Å². The second kappa shape index (κ2) is 6.80. The Labute approximate surface area is 118 Å². The molecule has 2 rings (SSSR count). The first-order valence-electron chi connectivity index (χ1n) is 6.67. The molecule has 1 unspecified atom stereocenters. The Morgan fingerprint density at radius 3 is 2.84 bits per heavy atom. The summed E-state index contributed by atoms with van der Waals surface area (Å²) in [5.74, 6) is 1.86. The van der Waals surface area contributed by atoms with Gasteiger partial charge in [0.15, 0.2) is 0 Å². The van der Waals surface area contributed by atoms with Crippen LogP contribution >= 0.6 is 11.8 Å². The van der Waals surface area contributed by atoms with E-state index in [1.54, 1.807) is 22.7 Å². The van der Waals surface area contributed by atoms with E-state index in [9.17, 15) is 9.59 Å². The van der Waals surface area contributed by atoms with Crippen molar-refractivity contribution in [2.24, 2.45) is 5.92 Å². The zero-order valence-electron chi connectivity index (χ0n) is 11.2. The van der Waals surface area contributed by atoms with Crippen LogP contribution in [-0.2, 0) is 9.59 Å². The van der Waals surface area contributed by atoms with Crippen molar-refractivity contribution in [2.75, 3.05) is 18.2 Å². The highest BCUT2D eigenvalue weighted by Gasteiger charge is 2.34. The van der Waals surface area contributed by atoms with Crippen LogP contribution in [0.15, 0.2) is 24.3 Å². The van der Waals surface area contributed by atoms with Gasteiger partial charge in [-0.25, -0.2) is 0 Å². The smallest absolute Gasteiger partial charge is 0.247 e. The number of hydrogen-bond donors (Lipinski definition) is 1. The summed E-state index contributed by atoms with van der Waals surface area (Å²) < 4.78 is 0. The summed E-state index contributed by atoms with van der Waals surface area (Å²) in [4.78, 5) is 25.7. The molecule has 1 atom stereocenters. The van der Waals surface area contributed by atoms with E-state index in [2.05, 4.69) is 5.32 Å². The molecule has 5 heteroatoms. The molecule has 104 valence electrons. The summed E-state index contributed by atoms with van der Waals surface area (Å²) in [6, 6.07) is -0.313. The molecule has 1 aliphatic heterocycles. The molecular weight excluding hydrogens is 260 g/mol. The van der Waals surface area contributed by atoms with Crippen LogP contribution in [0.3, 0.4) is 0 Å². The van der Waals surface area contributed by atoms with Crippen molar-refractivity contribution < 1.29 is 9.59 Å². The van der Waals surface area contributed by atoms with E-state index in [1.807, 2.05) is 19.1 Å². The lowest BCUT2D eigenvalue weighted by molar-refractivity contribution is -0.134. The molecule has 2 aliphatic rings. The van der Waals surface area contributed by atoms with Crippen LogP contribution in [-0.4, -0.2) is 40.9 Å². The van der Waals surface area contributed by atoms with Gasteiger partial charge in [-0.3, -0.25) is 9.59 Å². The van der Waals surface area contributed by atoms with Gasteiger partial charge in [0.25, 0.3) is 0 Å². The Morgan fingerprint density at radius 1 is 1.37 bits per heavy atom. The minimum atomic E-state index is -0.313. The quantitative estimate of drug-likeness (QED) is 0.614. The molecule has 0 aromatic rings. The Bertz CT molecular complexity index is 402. The van der Waals surface area contributed by atoms with Gasteiger partial charge in [0.1, 0.15) is 6.04 Å². The number of thioether (sulfide) groups is 1. The van der Waals surface area contributed by atoms with Crippen LogP contribution in [0, 0.1) is 5.92 Å². The number of nitrogens with one attached hydrogen (secondary N) is 1. The summed E-state index contributed by atoms with van der Waals surface area (Å²) in [6.07, 6.45) is 9.34. The minimum absolute atomic E-state index is 0.00955. The van der Waals surface area contributed by atoms with Crippen molar-refractivity contribution in [3.05, 3.63) is 24.3 Å². The molecule has 4 nitrogen and oxygen atoms in total. The van der Waals surface area contributed by atoms with Gasteiger partial charge >= 0.3 is 0 Å². The minimum Gasteiger partial charge on any atom is -0.354 e. The van der Waals surface area contributed by atoms with Gasteiger partial charge in [-0.2, -0.15) is 0 Å². The molecule has 0 aromatic heterocycles. The van der Waals surface area contributed by atoms with Crippen LogP contribution in [0.1, 0.15) is 19.8 Å².